The van der Waals surface area contributed by atoms with Crippen molar-refractivity contribution >= 4 is 46.4 Å². The summed E-state index contributed by atoms with van der Waals surface area (Å²) < 4.78 is 0. The molecule has 0 amide bonds. The van der Waals surface area contributed by atoms with E-state index in [9.17, 15) is 0 Å². The quantitative estimate of drug-likeness (QED) is 0.161. The number of hydrogen-bond acceptors (Lipinski definition) is 8. The molecule has 10 nitrogen and oxygen atoms in total. The van der Waals surface area contributed by atoms with Gasteiger partial charge < -0.3 is 9.97 Å². The highest BCUT2D eigenvalue weighted by atomic mass is 14.8. The lowest BCUT2D eigenvalue weighted by atomic mass is 9.79. The molecule has 0 saturated carbocycles. The third kappa shape index (κ3) is 8.81. The van der Waals surface area contributed by atoms with Crippen LogP contribution in [0.3, 0.4) is 0 Å². The molecule has 358 valence electrons. The van der Waals surface area contributed by atoms with Crippen LogP contribution in [0.1, 0.15) is 75.4 Å². The van der Waals surface area contributed by atoms with Gasteiger partial charge >= 0.3 is 0 Å². The van der Waals surface area contributed by atoms with Gasteiger partial charge in [0.05, 0.1) is 56.9 Å². The highest BCUT2D eigenvalue weighted by molar-refractivity contribution is 6.00. The molecule has 10 aromatic rings. The van der Waals surface area contributed by atoms with E-state index in [1.165, 1.54) is 11.1 Å². The molecule has 8 bridgehead atoms. The Kier molecular flexibility index (Phi) is 11.4. The van der Waals surface area contributed by atoms with Crippen molar-refractivity contribution in [2.75, 3.05) is 0 Å². The largest absolute Gasteiger partial charge is 0.354 e. The maximum atomic E-state index is 5.62. The molecule has 0 saturated heterocycles. The second kappa shape index (κ2) is 18.4. The zero-order valence-electron chi connectivity index (χ0n) is 42.1. The lowest BCUT2D eigenvalue weighted by Gasteiger charge is -2.26. The van der Waals surface area contributed by atoms with Crippen LogP contribution in [-0.4, -0.2) is 49.8 Å². The van der Waals surface area contributed by atoms with Crippen LogP contribution < -0.4 is 0 Å². The van der Waals surface area contributed by atoms with Gasteiger partial charge in [0.15, 0.2) is 0 Å². The monoisotopic (exact) mass is 960 g/mol. The molecule has 74 heavy (non-hydrogen) atoms. The van der Waals surface area contributed by atoms with Crippen molar-refractivity contribution in [1.29, 1.82) is 0 Å². The van der Waals surface area contributed by atoms with Gasteiger partial charge in [-0.1, -0.05) is 96.1 Å². The zero-order chi connectivity index (χ0) is 50.6. The van der Waals surface area contributed by atoms with Gasteiger partial charge in [-0.25, -0.2) is 9.97 Å². The minimum absolute atomic E-state index is 0.120. The number of aromatic nitrogens is 10. The van der Waals surface area contributed by atoms with Crippen molar-refractivity contribution < 1.29 is 0 Å². The third-order valence-electron chi connectivity index (χ3n) is 13.6. The van der Waals surface area contributed by atoms with E-state index < -0.39 is 0 Å². The fraction of sp³-hybridized carbons (Fsp3) is 0.125. The van der Waals surface area contributed by atoms with Crippen LogP contribution in [0.5, 0.6) is 0 Å². The molecule has 2 aliphatic heterocycles. The van der Waals surface area contributed by atoms with Crippen molar-refractivity contribution in [2.45, 2.75) is 52.4 Å². The number of H-pyrrole nitrogens is 2. The topological polar surface area (TPSA) is 135 Å². The van der Waals surface area contributed by atoms with Crippen LogP contribution in [0.4, 0.5) is 0 Å². The van der Waals surface area contributed by atoms with E-state index in [1.54, 1.807) is 18.6 Å². The molecular weight excluding hydrogens is 909 g/mol. The summed E-state index contributed by atoms with van der Waals surface area (Å²) in [5.74, 6) is 0. The SMILES string of the molecule is CC(C)(C)c1cc(-c2c3nc(c(-c4ccc(-c5ccccn5)nc4)c4ccc([nH]4)c(-c4ccc(-c5ccccn5)nc4)c4nc(c(-c5ccc(-c6ccccn6)nc5)c5ccc2[nH]5)C=C4)C=C3)cc(C(C)(C)C)c1. The molecule has 11 heterocycles. The van der Waals surface area contributed by atoms with Crippen LogP contribution in [0.15, 0.2) is 171 Å². The van der Waals surface area contributed by atoms with E-state index in [0.717, 1.165) is 124 Å². The number of rotatable bonds is 7. The molecular formula is C64H52N10. The van der Waals surface area contributed by atoms with Gasteiger partial charge in [0.25, 0.3) is 0 Å². The van der Waals surface area contributed by atoms with E-state index in [4.69, 9.17) is 24.9 Å². The first-order valence-corrected chi connectivity index (χ1v) is 24.9. The Labute approximate surface area is 429 Å². The van der Waals surface area contributed by atoms with Crippen LogP contribution in [0.25, 0.3) is 125 Å². The van der Waals surface area contributed by atoms with Gasteiger partial charge in [-0.05, 0) is 131 Å². The van der Waals surface area contributed by atoms with Gasteiger partial charge in [-0.15, -0.1) is 0 Å². The predicted octanol–water partition coefficient (Wildman–Crippen LogP) is 15.3. The molecule has 10 heteroatoms. The summed E-state index contributed by atoms with van der Waals surface area (Å²) in [4.78, 5) is 47.6. The molecule has 0 aliphatic carbocycles. The van der Waals surface area contributed by atoms with E-state index in [2.05, 4.69) is 151 Å². The first-order chi connectivity index (χ1) is 35.9. The summed E-state index contributed by atoms with van der Waals surface area (Å²) in [6, 6.07) is 45.6. The van der Waals surface area contributed by atoms with Gasteiger partial charge in [0, 0.05) is 98.2 Å². The van der Waals surface area contributed by atoms with Crippen molar-refractivity contribution in [3.63, 3.8) is 0 Å². The summed E-state index contributed by atoms with van der Waals surface area (Å²) in [5, 5.41) is 0. The normalized spacial score (nSPS) is 12.4. The van der Waals surface area contributed by atoms with Gasteiger partial charge in [-0.3, -0.25) is 29.9 Å². The Bertz CT molecular complexity index is 3860. The summed E-state index contributed by atoms with van der Waals surface area (Å²) in [6.07, 6.45) is 19.6. The fourth-order valence-corrected chi connectivity index (χ4v) is 9.68. The van der Waals surface area contributed by atoms with Crippen molar-refractivity contribution in [3.05, 3.63) is 205 Å². The smallest absolute Gasteiger partial charge is 0.0886 e. The maximum absolute atomic E-state index is 5.62. The maximum Gasteiger partial charge on any atom is 0.0886 e. The van der Waals surface area contributed by atoms with E-state index in [1.807, 2.05) is 91.4 Å². The molecule has 1 aromatic carbocycles. The first kappa shape index (κ1) is 45.8. The standard InChI is InChI=1S/C64H52N10/c1-63(2,3)43-33-42(34-44(35-43)64(4,5)6)62-57-28-26-55(73-57)60(40-17-20-49(69-37-40)46-14-8-11-31-66-46)53-24-22-51(71-53)59(39-16-19-48(68-36-39)45-13-7-10-30-65-45)52-23-25-54(72-52)61(56-27-29-58(62)74-56)41-18-21-50(70-38-41)47-15-9-12-32-67-47/h7-38,71,74H,1-6H3. The Hall–Kier alpha value is -9.28. The summed E-state index contributed by atoms with van der Waals surface area (Å²) >= 11 is 0. The van der Waals surface area contributed by atoms with E-state index >= 15 is 0 Å². The van der Waals surface area contributed by atoms with Crippen molar-refractivity contribution in [2.24, 2.45) is 0 Å². The first-order valence-electron chi connectivity index (χ1n) is 24.9. The van der Waals surface area contributed by atoms with Gasteiger partial charge in [-0.2, -0.15) is 0 Å². The number of benzene rings is 1. The minimum atomic E-state index is -0.120. The van der Waals surface area contributed by atoms with Crippen LogP contribution in [0, 0.1) is 0 Å². The van der Waals surface area contributed by atoms with Crippen LogP contribution >= 0.6 is 0 Å². The molecule has 0 atom stereocenters. The molecule has 2 aliphatic rings. The minimum Gasteiger partial charge on any atom is -0.354 e. The number of nitrogens with zero attached hydrogens (tertiary/aromatic N) is 8. The lowest BCUT2D eigenvalue weighted by Crippen LogP contribution is -2.16. The lowest BCUT2D eigenvalue weighted by molar-refractivity contribution is 0.569. The molecule has 0 radical (unpaired) electrons. The third-order valence-corrected chi connectivity index (χ3v) is 13.6. The van der Waals surface area contributed by atoms with Crippen molar-refractivity contribution in [1.82, 2.24) is 49.8 Å². The summed E-state index contributed by atoms with van der Waals surface area (Å²) in [7, 11) is 0. The Morgan fingerprint density at radius 1 is 0.311 bits per heavy atom. The second-order valence-electron chi connectivity index (χ2n) is 20.7. The van der Waals surface area contributed by atoms with Crippen LogP contribution in [-0.2, 0) is 10.8 Å². The average Bonchev–Trinajstić information content (AvgIpc) is 4.28. The van der Waals surface area contributed by atoms with E-state index in [-0.39, 0.29) is 10.8 Å². The molecule has 0 spiro atoms. The summed E-state index contributed by atoms with van der Waals surface area (Å²) in [6.45, 7) is 13.7. The van der Waals surface area contributed by atoms with Crippen LogP contribution in [0.2, 0.25) is 0 Å². The summed E-state index contributed by atoms with van der Waals surface area (Å²) in [5.41, 5.74) is 21.1. The Morgan fingerprint density at radius 3 is 0.892 bits per heavy atom. The predicted molar refractivity (Wildman–Crippen MR) is 301 cm³/mol. The number of nitrogens with one attached hydrogen (secondary N) is 2. The highest BCUT2D eigenvalue weighted by Gasteiger charge is 2.24. The van der Waals surface area contributed by atoms with Gasteiger partial charge in [0.2, 0.25) is 0 Å². The number of pyridine rings is 6. The number of hydrogen-bond donors (Lipinski definition) is 2. The molecule has 12 rings (SSSR count). The Balaban J connectivity index is 1.18. The zero-order valence-corrected chi connectivity index (χ0v) is 42.1. The fourth-order valence-electron chi connectivity index (χ4n) is 9.68. The number of aromatic amines is 2. The van der Waals surface area contributed by atoms with Crippen molar-refractivity contribution in [3.8, 4) is 78.7 Å². The number of fused-ring (bicyclic) bond motifs is 8. The average molecular weight is 961 g/mol. The highest BCUT2D eigenvalue weighted by Crippen LogP contribution is 2.41. The van der Waals surface area contributed by atoms with Gasteiger partial charge in [0.1, 0.15) is 0 Å². The molecule has 9 aromatic heterocycles. The van der Waals surface area contributed by atoms with E-state index in [0.29, 0.717) is 0 Å². The molecule has 0 fully saturated rings. The second-order valence-corrected chi connectivity index (χ2v) is 20.7. The Morgan fingerprint density at radius 2 is 0.622 bits per heavy atom. The molecule has 2 N–H and O–H groups in total. The molecule has 0 unspecified atom stereocenters.